The molecule has 1 fully saturated rings. The zero-order valence-electron chi connectivity index (χ0n) is 11.2. The zero-order valence-corrected chi connectivity index (χ0v) is 14.0. The van der Waals surface area contributed by atoms with Gasteiger partial charge in [-0.1, -0.05) is 0 Å². The Labute approximate surface area is 122 Å². The van der Waals surface area contributed by atoms with Crippen LogP contribution in [0.3, 0.4) is 0 Å². The molecule has 0 heterocycles. The second-order valence-corrected chi connectivity index (χ2v) is 13.1. The average molecular weight is 360 g/mol. The molecule has 3 rings (SSSR count). The fourth-order valence-electron chi connectivity index (χ4n) is 3.09. The van der Waals surface area contributed by atoms with Crippen molar-refractivity contribution in [1.82, 2.24) is 0 Å². The number of benzene rings is 2. The predicted octanol–water partition coefficient (Wildman–Crippen LogP) is 2.42. The quantitative estimate of drug-likeness (QED) is 0.754. The van der Waals surface area contributed by atoms with Crippen molar-refractivity contribution in [3.05, 3.63) is 60.7 Å². The van der Waals surface area contributed by atoms with E-state index in [1.807, 2.05) is 0 Å². The molecule has 0 bridgehead atoms. The maximum atomic E-state index is 2.38. The second-order valence-electron chi connectivity index (χ2n) is 5.13. The van der Waals surface area contributed by atoms with Crippen LogP contribution in [0.4, 0.5) is 0 Å². The Bertz CT molecular complexity index is 438. The molecule has 0 amide bonds. The first kappa shape index (κ1) is 14.6. The molecule has 2 aromatic carbocycles. The molecule has 0 atom stereocenters. The van der Waals surface area contributed by atoms with Crippen molar-refractivity contribution in [1.29, 1.82) is 0 Å². The molecule has 0 aliphatic heterocycles. The summed E-state index contributed by atoms with van der Waals surface area (Å²) < 4.78 is 4.38. The normalized spacial score (nSPS) is 15.4. The van der Waals surface area contributed by atoms with Gasteiger partial charge in [0.2, 0.25) is 0 Å². The van der Waals surface area contributed by atoms with Crippen LogP contribution in [0, 0.1) is 0 Å². The van der Waals surface area contributed by atoms with Crippen LogP contribution in [0.1, 0.15) is 25.7 Å². The van der Waals surface area contributed by atoms with Crippen molar-refractivity contribution in [3.63, 3.8) is 0 Å². The summed E-state index contributed by atoms with van der Waals surface area (Å²) in [5.41, 5.74) is 0. The summed E-state index contributed by atoms with van der Waals surface area (Å²) in [4.78, 5) is 0. The van der Waals surface area contributed by atoms with Crippen LogP contribution in [-0.2, 0) is 0 Å². The SMILES string of the molecule is O.c1cc[c]([Sn]([c]2ccccc2)[CH]2CCCC2)cc1. The van der Waals surface area contributed by atoms with Gasteiger partial charge in [0.05, 0.1) is 0 Å². The molecule has 99 valence electrons. The molecule has 0 saturated heterocycles. The molecular weight excluding hydrogens is 339 g/mol. The van der Waals surface area contributed by atoms with Crippen molar-refractivity contribution in [2.75, 3.05) is 0 Å². The first-order chi connectivity index (χ1) is 8.95. The molecule has 1 nitrogen and oxygen atoms in total. The summed E-state index contributed by atoms with van der Waals surface area (Å²) in [6.07, 6.45) is 5.85. The van der Waals surface area contributed by atoms with E-state index in [1.54, 1.807) is 7.16 Å². The third-order valence-electron chi connectivity index (χ3n) is 3.93. The molecule has 2 heteroatoms. The molecule has 0 unspecified atom stereocenters. The summed E-state index contributed by atoms with van der Waals surface area (Å²) in [5, 5.41) is 0. The summed E-state index contributed by atoms with van der Waals surface area (Å²) >= 11 is -1.67. The van der Waals surface area contributed by atoms with Gasteiger partial charge in [-0.2, -0.15) is 0 Å². The molecule has 19 heavy (non-hydrogen) atoms. The van der Waals surface area contributed by atoms with E-state index in [0.717, 1.165) is 3.93 Å². The Hall–Kier alpha value is -0.801. The van der Waals surface area contributed by atoms with Gasteiger partial charge in [0.25, 0.3) is 0 Å². The van der Waals surface area contributed by atoms with Crippen LogP contribution in [0.25, 0.3) is 0 Å². The van der Waals surface area contributed by atoms with E-state index >= 15 is 0 Å². The predicted molar refractivity (Wildman–Crippen MR) is 83.7 cm³/mol. The molecular formula is C17H21OSn. The van der Waals surface area contributed by atoms with E-state index < -0.39 is 19.8 Å². The van der Waals surface area contributed by atoms with Gasteiger partial charge in [0.1, 0.15) is 0 Å². The van der Waals surface area contributed by atoms with Crippen molar-refractivity contribution in [2.24, 2.45) is 0 Å². The molecule has 2 N–H and O–H groups in total. The average Bonchev–Trinajstić information content (AvgIpc) is 2.95. The van der Waals surface area contributed by atoms with Crippen LogP contribution in [0.5, 0.6) is 0 Å². The van der Waals surface area contributed by atoms with Crippen molar-refractivity contribution in [2.45, 2.75) is 29.6 Å². The Kier molecular flexibility index (Phi) is 5.46. The molecule has 1 aliphatic carbocycles. The molecule has 0 aromatic heterocycles. The topological polar surface area (TPSA) is 31.5 Å². The van der Waals surface area contributed by atoms with Gasteiger partial charge in [-0.3, -0.25) is 0 Å². The first-order valence-electron chi connectivity index (χ1n) is 6.93. The third-order valence-corrected chi connectivity index (χ3v) is 13.4. The van der Waals surface area contributed by atoms with Crippen LogP contribution in [0.15, 0.2) is 60.7 Å². The van der Waals surface area contributed by atoms with Crippen LogP contribution in [-0.4, -0.2) is 25.2 Å². The van der Waals surface area contributed by atoms with Gasteiger partial charge >= 0.3 is 117 Å². The monoisotopic (exact) mass is 361 g/mol. The zero-order chi connectivity index (χ0) is 12.2. The Balaban J connectivity index is 0.00000133. The van der Waals surface area contributed by atoms with Crippen molar-refractivity contribution < 1.29 is 5.48 Å². The Morgan fingerprint density at radius 1 is 0.684 bits per heavy atom. The van der Waals surface area contributed by atoms with Crippen molar-refractivity contribution >= 4 is 26.9 Å². The Morgan fingerprint density at radius 2 is 1.11 bits per heavy atom. The number of hydrogen-bond donors (Lipinski definition) is 0. The van der Waals surface area contributed by atoms with Gasteiger partial charge in [-0.15, -0.1) is 0 Å². The summed E-state index contributed by atoms with van der Waals surface area (Å²) in [5.74, 6) is 0. The van der Waals surface area contributed by atoms with E-state index in [2.05, 4.69) is 60.7 Å². The van der Waals surface area contributed by atoms with Gasteiger partial charge in [-0.25, -0.2) is 0 Å². The summed E-state index contributed by atoms with van der Waals surface area (Å²) in [7, 11) is 0. The molecule has 1 saturated carbocycles. The Morgan fingerprint density at radius 3 is 1.53 bits per heavy atom. The van der Waals surface area contributed by atoms with Gasteiger partial charge < -0.3 is 5.48 Å². The third kappa shape index (κ3) is 3.40. The van der Waals surface area contributed by atoms with Gasteiger partial charge in [0.15, 0.2) is 0 Å². The summed E-state index contributed by atoms with van der Waals surface area (Å²) in [6.45, 7) is 0. The van der Waals surface area contributed by atoms with E-state index in [1.165, 1.54) is 25.7 Å². The van der Waals surface area contributed by atoms with E-state index in [0.29, 0.717) is 0 Å². The van der Waals surface area contributed by atoms with Crippen LogP contribution >= 0.6 is 0 Å². The van der Waals surface area contributed by atoms with Gasteiger partial charge in [0, 0.05) is 0 Å². The van der Waals surface area contributed by atoms with E-state index in [-0.39, 0.29) is 5.48 Å². The minimum atomic E-state index is -1.67. The van der Waals surface area contributed by atoms with Crippen molar-refractivity contribution in [3.8, 4) is 0 Å². The minimum absolute atomic E-state index is 0. The van der Waals surface area contributed by atoms with E-state index in [4.69, 9.17) is 0 Å². The molecule has 1 aliphatic rings. The van der Waals surface area contributed by atoms with Crippen LogP contribution in [0.2, 0.25) is 3.93 Å². The van der Waals surface area contributed by atoms with E-state index in [9.17, 15) is 0 Å². The fraction of sp³-hybridized carbons (Fsp3) is 0.294. The maximum absolute atomic E-state index is 2.38. The molecule has 0 spiro atoms. The molecule has 1 radical (unpaired) electrons. The van der Waals surface area contributed by atoms with Crippen LogP contribution < -0.4 is 7.16 Å². The first-order valence-corrected chi connectivity index (χ1v) is 11.4. The van der Waals surface area contributed by atoms with Gasteiger partial charge in [-0.05, 0) is 0 Å². The number of hydrogen-bond acceptors (Lipinski definition) is 0. The second kappa shape index (κ2) is 7.11. The standard InChI is InChI=1S/2C6H5.C5H9.H2O.Sn/c2*1-2-4-6-5-3-1;1-2-4-5-3-1;;/h2*1-5H;1H,2-5H2;1H2;. The fourth-order valence-corrected chi connectivity index (χ4v) is 12.7. The summed E-state index contributed by atoms with van der Waals surface area (Å²) in [6, 6.07) is 22.7. The number of rotatable bonds is 3. The molecule has 2 aromatic rings.